The lowest BCUT2D eigenvalue weighted by molar-refractivity contribution is -0.122. The van der Waals surface area contributed by atoms with Crippen molar-refractivity contribution < 1.29 is 24.2 Å². The molecule has 2 amide bonds. The molecule has 2 aromatic carbocycles. The summed E-state index contributed by atoms with van der Waals surface area (Å²) in [7, 11) is 0. The topological polar surface area (TPSA) is 117 Å². The first-order valence-corrected chi connectivity index (χ1v) is 12.6. The van der Waals surface area contributed by atoms with Gasteiger partial charge in [-0.1, -0.05) is 43.7 Å². The van der Waals surface area contributed by atoms with E-state index < -0.39 is 23.4 Å². The third-order valence-electron chi connectivity index (χ3n) is 6.78. The highest BCUT2D eigenvalue weighted by Gasteiger charge is 2.44. The van der Waals surface area contributed by atoms with Crippen molar-refractivity contribution in [2.75, 3.05) is 5.32 Å². The first kappa shape index (κ1) is 25.5. The number of ether oxygens (including phenoxy) is 1. The number of phenols is 1. The number of benzene rings is 2. The second-order valence-electron chi connectivity index (χ2n) is 10.6. The Hall–Kier alpha value is -3.55. The molecule has 2 aliphatic rings. The Morgan fingerprint density at radius 2 is 1.86 bits per heavy atom. The first-order chi connectivity index (χ1) is 17.0. The summed E-state index contributed by atoms with van der Waals surface area (Å²) in [5.41, 5.74) is 0.988. The molecule has 0 aromatic heterocycles. The number of amides is 2. The lowest BCUT2D eigenvalue weighted by Gasteiger charge is -2.46. The molecule has 0 aliphatic heterocycles. The maximum Gasteiger partial charge on any atom is 0.409 e. The number of fused-ring (bicyclic) bond motifs is 2. The van der Waals surface area contributed by atoms with Crippen molar-refractivity contribution in [1.29, 1.82) is 0 Å². The van der Waals surface area contributed by atoms with Gasteiger partial charge in [0.1, 0.15) is 17.0 Å². The van der Waals surface area contributed by atoms with E-state index in [9.17, 15) is 19.5 Å². The predicted octanol–water partition coefficient (Wildman–Crippen LogP) is 4.63. The van der Waals surface area contributed by atoms with Gasteiger partial charge in [0.25, 0.3) is 0 Å². The number of rotatable bonds is 5. The molecule has 2 atom stereocenters. The van der Waals surface area contributed by atoms with Crippen molar-refractivity contribution in [3.63, 3.8) is 0 Å². The van der Waals surface area contributed by atoms with Gasteiger partial charge in [0, 0.05) is 12.0 Å². The summed E-state index contributed by atoms with van der Waals surface area (Å²) >= 11 is 0. The lowest BCUT2D eigenvalue weighted by Crippen LogP contribution is -2.68. The zero-order chi connectivity index (χ0) is 26.1. The number of ketones is 1. The van der Waals surface area contributed by atoms with Crippen LogP contribution in [0.25, 0.3) is 0 Å². The van der Waals surface area contributed by atoms with E-state index in [-0.39, 0.29) is 23.0 Å². The van der Waals surface area contributed by atoms with Crippen molar-refractivity contribution in [3.05, 3.63) is 58.7 Å². The van der Waals surface area contributed by atoms with Crippen LogP contribution in [-0.2, 0) is 16.0 Å². The van der Waals surface area contributed by atoms with Gasteiger partial charge in [-0.2, -0.15) is 0 Å². The highest BCUT2D eigenvalue weighted by molar-refractivity contribution is 6.14. The molecule has 36 heavy (non-hydrogen) atoms. The van der Waals surface area contributed by atoms with Gasteiger partial charge in [0.05, 0.1) is 17.3 Å². The van der Waals surface area contributed by atoms with Crippen LogP contribution in [0, 0.1) is 0 Å². The molecule has 0 heterocycles. The van der Waals surface area contributed by atoms with Crippen LogP contribution in [0.5, 0.6) is 5.75 Å². The fourth-order valence-electron chi connectivity index (χ4n) is 5.09. The van der Waals surface area contributed by atoms with Gasteiger partial charge in [0.15, 0.2) is 5.78 Å². The number of hydrogen-bond donors (Lipinski definition) is 4. The average Bonchev–Trinajstić information content (AvgIpc) is 2.81. The summed E-state index contributed by atoms with van der Waals surface area (Å²) in [6.07, 6.45) is 3.01. The van der Waals surface area contributed by atoms with Gasteiger partial charge in [-0.25, -0.2) is 4.79 Å². The van der Waals surface area contributed by atoms with E-state index >= 15 is 0 Å². The maximum absolute atomic E-state index is 13.3. The van der Waals surface area contributed by atoms with E-state index in [1.165, 1.54) is 0 Å². The predicted molar refractivity (Wildman–Crippen MR) is 137 cm³/mol. The standard InChI is InChI=1S/C28H35N3O5/c1-5-22(32)29-21-12-8-9-15-28(21,31-26(35)36-27(2,3)4)30-20-14-13-18-16-17-10-6-7-11-19(17)24(33)23(18)25(20)34/h6-7,10-11,13-14,21,30,34H,5,8-9,12,15-16H2,1-4H3,(H,29,32)(H,31,35). The zero-order valence-corrected chi connectivity index (χ0v) is 21.4. The number of carbonyl (C=O) groups excluding carboxylic acids is 3. The van der Waals surface area contributed by atoms with Crippen LogP contribution < -0.4 is 16.0 Å². The van der Waals surface area contributed by atoms with E-state index in [1.54, 1.807) is 39.8 Å². The molecule has 2 aliphatic carbocycles. The van der Waals surface area contributed by atoms with Crippen LogP contribution in [0.1, 0.15) is 86.8 Å². The highest BCUT2D eigenvalue weighted by Crippen LogP contribution is 2.40. The SMILES string of the molecule is CCC(=O)NC1CCCCC1(NC(=O)OC(C)(C)C)Nc1ccc2c(c1O)C(=O)c1ccccc1C2. The lowest BCUT2D eigenvalue weighted by atomic mass is 9.82. The maximum atomic E-state index is 13.3. The van der Waals surface area contributed by atoms with Crippen molar-refractivity contribution in [2.45, 2.75) is 83.5 Å². The van der Waals surface area contributed by atoms with Gasteiger partial charge >= 0.3 is 6.09 Å². The molecule has 8 heteroatoms. The highest BCUT2D eigenvalue weighted by atomic mass is 16.6. The fraction of sp³-hybridized carbons (Fsp3) is 0.464. The minimum absolute atomic E-state index is 0.138. The third kappa shape index (κ3) is 5.17. The van der Waals surface area contributed by atoms with Crippen LogP contribution in [0.2, 0.25) is 0 Å². The molecule has 0 spiro atoms. The molecule has 1 saturated carbocycles. The number of anilines is 1. The monoisotopic (exact) mass is 493 g/mol. The Morgan fingerprint density at radius 1 is 1.11 bits per heavy atom. The van der Waals surface area contributed by atoms with Crippen LogP contribution in [0.4, 0.5) is 10.5 Å². The fourth-order valence-corrected chi connectivity index (χ4v) is 5.09. The second kappa shape index (κ2) is 9.84. The van der Waals surface area contributed by atoms with Crippen molar-refractivity contribution in [2.24, 2.45) is 0 Å². The van der Waals surface area contributed by atoms with Gasteiger partial charge in [-0.05, 0) is 63.6 Å². The van der Waals surface area contributed by atoms with Crippen molar-refractivity contribution >= 4 is 23.5 Å². The largest absolute Gasteiger partial charge is 0.505 e. The number of nitrogens with one attached hydrogen (secondary N) is 3. The van der Waals surface area contributed by atoms with Gasteiger partial charge in [-0.15, -0.1) is 0 Å². The van der Waals surface area contributed by atoms with Crippen LogP contribution >= 0.6 is 0 Å². The van der Waals surface area contributed by atoms with E-state index in [0.29, 0.717) is 36.9 Å². The summed E-state index contributed by atoms with van der Waals surface area (Å²) in [4.78, 5) is 38.6. The second-order valence-corrected chi connectivity index (χ2v) is 10.6. The molecular formula is C28H35N3O5. The smallest absolute Gasteiger partial charge is 0.409 e. The molecule has 2 unspecified atom stereocenters. The summed E-state index contributed by atoms with van der Waals surface area (Å²) in [6.45, 7) is 7.11. The van der Waals surface area contributed by atoms with E-state index in [2.05, 4.69) is 16.0 Å². The molecule has 0 bridgehead atoms. The Kier molecular flexibility index (Phi) is 6.98. The Labute approximate surface area is 211 Å². The van der Waals surface area contributed by atoms with Crippen molar-refractivity contribution in [3.8, 4) is 5.75 Å². The Balaban J connectivity index is 1.72. The average molecular weight is 494 g/mol. The minimum Gasteiger partial charge on any atom is -0.505 e. The van der Waals surface area contributed by atoms with Gasteiger partial charge in [0.2, 0.25) is 5.91 Å². The number of aromatic hydroxyl groups is 1. The number of carbonyl (C=O) groups is 3. The molecule has 0 radical (unpaired) electrons. The molecular weight excluding hydrogens is 458 g/mol. The molecule has 1 fully saturated rings. The Bertz CT molecular complexity index is 1190. The summed E-state index contributed by atoms with van der Waals surface area (Å²) < 4.78 is 5.54. The normalized spacial score (nSPS) is 21.1. The van der Waals surface area contributed by atoms with E-state index in [4.69, 9.17) is 4.74 Å². The number of hydrogen-bond acceptors (Lipinski definition) is 6. The summed E-state index contributed by atoms with van der Waals surface area (Å²) in [5, 5.41) is 20.6. The molecule has 2 aromatic rings. The third-order valence-corrected chi connectivity index (χ3v) is 6.78. The molecule has 4 N–H and O–H groups in total. The molecule has 8 nitrogen and oxygen atoms in total. The van der Waals surface area contributed by atoms with Gasteiger partial charge < -0.3 is 20.5 Å². The van der Waals surface area contributed by atoms with E-state index in [0.717, 1.165) is 24.0 Å². The summed E-state index contributed by atoms with van der Waals surface area (Å²) in [6, 6.07) is 10.5. The number of phenolic OH excluding ortho intramolecular Hbond substituents is 1. The zero-order valence-electron chi connectivity index (χ0n) is 21.4. The molecule has 192 valence electrons. The minimum atomic E-state index is -1.12. The van der Waals surface area contributed by atoms with E-state index in [1.807, 2.05) is 24.3 Å². The van der Waals surface area contributed by atoms with Crippen LogP contribution in [0.3, 0.4) is 0 Å². The first-order valence-electron chi connectivity index (χ1n) is 12.6. The molecule has 0 saturated heterocycles. The molecule has 4 rings (SSSR count). The Morgan fingerprint density at radius 3 is 2.58 bits per heavy atom. The van der Waals surface area contributed by atoms with Crippen molar-refractivity contribution in [1.82, 2.24) is 10.6 Å². The quantitative estimate of drug-likeness (QED) is 0.304. The number of alkyl carbamates (subject to hydrolysis) is 1. The van der Waals surface area contributed by atoms with Crippen LogP contribution in [-0.4, -0.2) is 40.2 Å². The summed E-state index contributed by atoms with van der Waals surface area (Å²) in [5.74, 6) is -0.536. The van der Waals surface area contributed by atoms with Gasteiger partial charge in [-0.3, -0.25) is 14.9 Å². The van der Waals surface area contributed by atoms with Crippen LogP contribution in [0.15, 0.2) is 36.4 Å².